The summed E-state index contributed by atoms with van der Waals surface area (Å²) in [5.41, 5.74) is 0. The summed E-state index contributed by atoms with van der Waals surface area (Å²) in [6, 6.07) is 0.963. The molecule has 0 saturated heterocycles. The molecule has 0 aromatic heterocycles. The average molecular weight is 531 g/mol. The molecule has 0 bridgehead atoms. The van der Waals surface area contributed by atoms with E-state index in [2.05, 4.69) is 72.0 Å². The molecule has 0 atom stereocenters. The van der Waals surface area contributed by atoms with Crippen molar-refractivity contribution in [3.8, 4) is 0 Å². The van der Waals surface area contributed by atoms with Crippen LogP contribution in [0.25, 0.3) is 0 Å². The van der Waals surface area contributed by atoms with Crippen LogP contribution in [0.5, 0.6) is 0 Å². The highest BCUT2D eigenvalue weighted by Gasteiger charge is 2.45. The Morgan fingerprint density at radius 3 is 1.58 bits per heavy atom. The van der Waals surface area contributed by atoms with Crippen LogP contribution in [0.3, 0.4) is 0 Å². The van der Waals surface area contributed by atoms with Crippen LogP contribution < -0.4 is 0 Å². The molecule has 186 valence electrons. The van der Waals surface area contributed by atoms with Crippen molar-refractivity contribution in [2.45, 2.75) is 84.5 Å². The Bertz CT molecular complexity index is 550. The fourth-order valence-corrected chi connectivity index (χ4v) is 27.4. The Morgan fingerprint density at radius 1 is 0.645 bits per heavy atom. The molecular weight excluding hydrogens is 485 g/mol. The minimum absolute atomic E-state index is 0.288. The van der Waals surface area contributed by atoms with Crippen molar-refractivity contribution in [3.63, 3.8) is 0 Å². The zero-order chi connectivity index (χ0) is 24.6. The van der Waals surface area contributed by atoms with E-state index in [-0.39, 0.29) is 13.2 Å². The molecule has 0 aliphatic carbocycles. The molecule has 0 rings (SSSR count). The van der Waals surface area contributed by atoms with Gasteiger partial charge in [0, 0.05) is 6.61 Å². The van der Waals surface area contributed by atoms with Crippen LogP contribution in [0.15, 0.2) is 0 Å². The lowest BCUT2D eigenvalue weighted by Gasteiger charge is -2.42. The Morgan fingerprint density at radius 2 is 1.10 bits per heavy atom. The maximum Gasteiger partial charge on any atom is 0.329 e. The SMILES string of the molecule is C[Si](C)(C)O[Si](C)(C)O[Si](C)(C)O[Si](C)(C)O[Si](C)(C)CCCOCCOCC(=O)O. The molecule has 0 aliphatic rings. The summed E-state index contributed by atoms with van der Waals surface area (Å²) in [6.07, 6.45) is 0.893. The van der Waals surface area contributed by atoms with E-state index in [4.69, 9.17) is 31.0 Å². The van der Waals surface area contributed by atoms with Crippen molar-refractivity contribution in [3.05, 3.63) is 0 Å². The summed E-state index contributed by atoms with van der Waals surface area (Å²) in [5, 5.41) is 8.52. The summed E-state index contributed by atoms with van der Waals surface area (Å²) in [5.74, 6) is -0.968. The van der Waals surface area contributed by atoms with E-state index in [1.54, 1.807) is 0 Å². The Labute approximate surface area is 194 Å². The molecule has 0 amide bonds. The molecular formula is C18H46O8Si5. The largest absolute Gasteiger partial charge is 0.480 e. The number of rotatable bonds is 17. The van der Waals surface area contributed by atoms with Crippen LogP contribution in [0.1, 0.15) is 6.42 Å². The van der Waals surface area contributed by atoms with E-state index in [1.165, 1.54) is 0 Å². The van der Waals surface area contributed by atoms with Crippen LogP contribution in [0.4, 0.5) is 0 Å². The number of aliphatic carboxylic acids is 1. The van der Waals surface area contributed by atoms with Crippen molar-refractivity contribution in [1.82, 2.24) is 0 Å². The normalized spacial score (nSPS) is 14.2. The maximum absolute atomic E-state index is 10.4. The number of hydrogen-bond acceptors (Lipinski definition) is 7. The Kier molecular flexibility index (Phi) is 12.8. The highest BCUT2D eigenvalue weighted by atomic mass is 28.5. The number of carboxylic acids is 1. The van der Waals surface area contributed by atoms with Gasteiger partial charge in [-0.15, -0.1) is 0 Å². The van der Waals surface area contributed by atoms with E-state index in [0.717, 1.165) is 12.5 Å². The van der Waals surface area contributed by atoms with E-state index < -0.39 is 48.3 Å². The number of ether oxygens (including phenoxy) is 2. The van der Waals surface area contributed by atoms with E-state index in [1.807, 2.05) is 0 Å². The fraction of sp³-hybridized carbons (Fsp3) is 0.944. The highest BCUT2D eigenvalue weighted by molar-refractivity contribution is 6.90. The smallest absolute Gasteiger partial charge is 0.329 e. The van der Waals surface area contributed by atoms with Gasteiger partial charge < -0.3 is 31.0 Å². The second-order valence-corrected chi connectivity index (χ2v) is 30.6. The third kappa shape index (κ3) is 18.4. The molecule has 0 aliphatic heterocycles. The van der Waals surface area contributed by atoms with Crippen LogP contribution in [-0.2, 0) is 30.7 Å². The number of carboxylic acid groups (broad SMARTS) is 1. The molecule has 8 nitrogen and oxygen atoms in total. The predicted molar refractivity (Wildman–Crippen MR) is 136 cm³/mol. The van der Waals surface area contributed by atoms with Crippen LogP contribution in [0, 0.1) is 0 Å². The molecule has 0 aromatic rings. The first-order chi connectivity index (χ1) is 13.7. The molecule has 0 unspecified atom stereocenters. The zero-order valence-corrected chi connectivity index (χ0v) is 26.5. The monoisotopic (exact) mass is 530 g/mol. The lowest BCUT2D eigenvalue weighted by molar-refractivity contribution is -0.142. The highest BCUT2D eigenvalue weighted by Crippen LogP contribution is 2.27. The molecule has 0 heterocycles. The Balaban J connectivity index is 4.48. The molecule has 31 heavy (non-hydrogen) atoms. The minimum atomic E-state index is -2.40. The van der Waals surface area contributed by atoms with Gasteiger partial charge >= 0.3 is 31.7 Å². The maximum atomic E-state index is 10.4. The minimum Gasteiger partial charge on any atom is -0.480 e. The van der Waals surface area contributed by atoms with Crippen LogP contribution in [-0.4, -0.2) is 79.8 Å². The van der Waals surface area contributed by atoms with Gasteiger partial charge in [0.2, 0.25) is 0 Å². The van der Waals surface area contributed by atoms with Gasteiger partial charge in [-0.05, 0) is 84.5 Å². The van der Waals surface area contributed by atoms with Crippen LogP contribution in [0.2, 0.25) is 78.1 Å². The van der Waals surface area contributed by atoms with Gasteiger partial charge in [-0.2, -0.15) is 0 Å². The zero-order valence-electron chi connectivity index (χ0n) is 21.5. The molecule has 0 radical (unpaired) electrons. The molecule has 0 spiro atoms. The Hall–Kier alpha value is 0.314. The topological polar surface area (TPSA) is 92.7 Å². The predicted octanol–water partition coefficient (Wildman–Crippen LogP) is 4.71. The first kappa shape index (κ1) is 31.3. The molecule has 0 aromatic carbocycles. The van der Waals surface area contributed by atoms with Gasteiger partial charge in [0.05, 0.1) is 13.2 Å². The van der Waals surface area contributed by atoms with Crippen molar-refractivity contribution >= 4 is 48.3 Å². The van der Waals surface area contributed by atoms with E-state index in [9.17, 15) is 4.79 Å². The van der Waals surface area contributed by atoms with Crippen LogP contribution >= 0.6 is 0 Å². The molecule has 0 saturated carbocycles. The van der Waals surface area contributed by atoms with Gasteiger partial charge in [-0.25, -0.2) is 4.79 Å². The number of carbonyl (C=O) groups is 1. The standard InChI is InChI=1S/C18H46O8Si5/c1-27(2,3)23-29(6,7)25-31(10,11)26-30(8,9)24-28(4,5)16-12-13-21-14-15-22-17-18(19)20/h12-17H2,1-11H3,(H,19,20). The number of hydrogen-bond donors (Lipinski definition) is 1. The second kappa shape index (κ2) is 12.7. The van der Waals surface area contributed by atoms with Crippen molar-refractivity contribution in [1.29, 1.82) is 0 Å². The third-order valence-electron chi connectivity index (χ3n) is 3.72. The van der Waals surface area contributed by atoms with Gasteiger partial charge in [-0.1, -0.05) is 0 Å². The lowest BCUT2D eigenvalue weighted by Crippen LogP contribution is -2.58. The van der Waals surface area contributed by atoms with Crippen molar-refractivity contribution in [2.75, 3.05) is 26.4 Å². The summed E-state index contributed by atoms with van der Waals surface area (Å²) >= 11 is 0. The summed E-state index contributed by atoms with van der Waals surface area (Å²) in [6.45, 7) is 24.6. The van der Waals surface area contributed by atoms with E-state index in [0.29, 0.717) is 13.2 Å². The average Bonchev–Trinajstić information content (AvgIpc) is 2.42. The second-order valence-electron chi connectivity index (χ2n) is 10.6. The summed E-state index contributed by atoms with van der Waals surface area (Å²) in [7, 11) is -10.6. The quantitative estimate of drug-likeness (QED) is 0.213. The lowest BCUT2D eigenvalue weighted by atomic mass is 10.5. The molecule has 13 heteroatoms. The third-order valence-corrected chi connectivity index (χ3v) is 21.7. The summed E-state index contributed by atoms with van der Waals surface area (Å²) < 4.78 is 36.4. The van der Waals surface area contributed by atoms with Crippen molar-refractivity contribution in [2.24, 2.45) is 0 Å². The first-order valence-corrected chi connectivity index (χ1v) is 25.9. The first-order valence-electron chi connectivity index (χ1n) is 10.9. The van der Waals surface area contributed by atoms with Gasteiger partial charge in [0.15, 0.2) is 16.6 Å². The van der Waals surface area contributed by atoms with Gasteiger partial charge in [-0.3, -0.25) is 0 Å². The van der Waals surface area contributed by atoms with Gasteiger partial charge in [0.1, 0.15) is 6.61 Å². The van der Waals surface area contributed by atoms with E-state index >= 15 is 0 Å². The molecule has 0 fully saturated rings. The van der Waals surface area contributed by atoms with Crippen molar-refractivity contribution < 1.29 is 35.8 Å². The molecule has 1 N–H and O–H groups in total. The van der Waals surface area contributed by atoms with Gasteiger partial charge in [0.25, 0.3) is 0 Å². The fourth-order valence-electron chi connectivity index (χ4n) is 3.68. The summed E-state index contributed by atoms with van der Waals surface area (Å²) in [4.78, 5) is 10.4.